The van der Waals surface area contributed by atoms with E-state index in [1.54, 1.807) is 6.92 Å². The second kappa shape index (κ2) is 8.27. The highest BCUT2D eigenvalue weighted by atomic mass is 32.2. The minimum atomic E-state index is -5.97. The van der Waals surface area contributed by atoms with Crippen LogP contribution in [0.25, 0.3) is 0 Å². The van der Waals surface area contributed by atoms with Crippen LogP contribution in [-0.4, -0.2) is 51.0 Å². The number of fused-ring (bicyclic) bond motifs is 1. The van der Waals surface area contributed by atoms with E-state index in [0.717, 1.165) is 30.0 Å². The van der Waals surface area contributed by atoms with Gasteiger partial charge in [-0.2, -0.15) is 21.6 Å². The lowest BCUT2D eigenvalue weighted by atomic mass is 9.79. The zero-order chi connectivity index (χ0) is 23.2. The topological polar surface area (TPSA) is 90.0 Å². The number of allylic oxidation sites excluding steroid dienone is 1. The molecule has 0 bridgehead atoms. The molecule has 1 amide bonds. The Hall–Kier alpha value is -1.40. The van der Waals surface area contributed by atoms with Gasteiger partial charge < -0.3 is 13.5 Å². The third-order valence-corrected chi connectivity index (χ3v) is 12.0. The molecule has 7 nitrogen and oxygen atoms in total. The molecule has 4 unspecified atom stereocenters. The number of rotatable bonds is 9. The van der Waals surface area contributed by atoms with Gasteiger partial charge >= 0.3 is 15.6 Å². The number of halogens is 3. The van der Waals surface area contributed by atoms with E-state index in [0.29, 0.717) is 0 Å². The minimum absolute atomic E-state index is 0.432. The van der Waals surface area contributed by atoms with Gasteiger partial charge in [0.25, 0.3) is 0 Å². The predicted molar refractivity (Wildman–Crippen MR) is 105 cm³/mol. The van der Waals surface area contributed by atoms with Gasteiger partial charge in [-0.05, 0) is 25.1 Å². The Labute approximate surface area is 175 Å². The molecule has 12 heteroatoms. The van der Waals surface area contributed by atoms with Gasteiger partial charge in [0.15, 0.2) is 19.9 Å². The highest BCUT2D eigenvalue weighted by Crippen LogP contribution is 2.49. The number of nitrogens with zero attached hydrogens (tertiary/aromatic N) is 1. The van der Waals surface area contributed by atoms with Crippen LogP contribution in [0.4, 0.5) is 13.2 Å². The quantitative estimate of drug-likeness (QED) is 0.221. The molecule has 0 aliphatic carbocycles. The molecule has 0 aromatic carbocycles. The molecule has 30 heavy (non-hydrogen) atoms. The molecule has 0 saturated carbocycles. The van der Waals surface area contributed by atoms with E-state index in [2.05, 4.69) is 4.18 Å². The summed E-state index contributed by atoms with van der Waals surface area (Å²) in [4.78, 5) is 26.0. The van der Waals surface area contributed by atoms with Gasteiger partial charge in [0.2, 0.25) is 5.91 Å². The van der Waals surface area contributed by atoms with E-state index in [1.165, 1.54) is 6.92 Å². The van der Waals surface area contributed by atoms with Crippen LogP contribution in [0.5, 0.6) is 0 Å². The van der Waals surface area contributed by atoms with E-state index in [4.69, 9.17) is 4.43 Å². The van der Waals surface area contributed by atoms with Crippen LogP contribution in [0.3, 0.4) is 0 Å². The van der Waals surface area contributed by atoms with Gasteiger partial charge in [-0.3, -0.25) is 9.59 Å². The Kier molecular flexibility index (Phi) is 6.85. The average molecular weight is 472 g/mol. The van der Waals surface area contributed by atoms with Gasteiger partial charge in [0, 0.05) is 12.8 Å². The molecule has 4 atom stereocenters. The first-order valence-electron chi connectivity index (χ1n) is 9.94. The van der Waals surface area contributed by atoms with E-state index < -0.39 is 71.1 Å². The number of alkyl halides is 3. The third kappa shape index (κ3) is 3.93. The van der Waals surface area contributed by atoms with Crippen LogP contribution >= 0.6 is 0 Å². The molecule has 0 radical (unpaired) electrons. The lowest BCUT2D eigenvalue weighted by Gasteiger charge is -2.49. The van der Waals surface area contributed by atoms with Crippen molar-refractivity contribution in [2.75, 3.05) is 0 Å². The maximum atomic E-state index is 12.9. The number of carbonyl (C=O) groups is 2. The lowest BCUT2D eigenvalue weighted by Crippen LogP contribution is -2.65. The summed E-state index contributed by atoms with van der Waals surface area (Å²) < 4.78 is 72.2. The van der Waals surface area contributed by atoms with Crippen molar-refractivity contribution < 1.29 is 39.8 Å². The summed E-state index contributed by atoms with van der Waals surface area (Å²) in [5, 5.41) is 0. The highest BCUT2D eigenvalue weighted by Gasteiger charge is 2.62. The number of hydrogen-bond donors (Lipinski definition) is 0. The SMILES string of the molecule is CC[Si](CC)(CC)OC(C)C1C(=O)N2C(C(C)=O)=C(OS(=O)(=O)C(F)(F)F)C(C)C12. The van der Waals surface area contributed by atoms with Crippen LogP contribution in [0, 0.1) is 11.8 Å². The van der Waals surface area contributed by atoms with Crippen LogP contribution in [0.1, 0.15) is 41.5 Å². The molecule has 2 heterocycles. The van der Waals surface area contributed by atoms with Gasteiger partial charge in [0.1, 0.15) is 5.70 Å². The van der Waals surface area contributed by atoms with Crippen molar-refractivity contribution in [1.82, 2.24) is 4.90 Å². The summed E-state index contributed by atoms with van der Waals surface area (Å²) in [6, 6.07) is 1.86. The number of ketones is 1. The van der Waals surface area contributed by atoms with Gasteiger partial charge in [-0.1, -0.05) is 27.7 Å². The Bertz CT molecular complexity index is 844. The van der Waals surface area contributed by atoms with Gasteiger partial charge in [-0.15, -0.1) is 0 Å². The third-order valence-electron chi connectivity index (χ3n) is 6.28. The first kappa shape index (κ1) is 24.9. The van der Waals surface area contributed by atoms with E-state index in [-0.39, 0.29) is 0 Å². The van der Waals surface area contributed by atoms with Crippen LogP contribution < -0.4 is 0 Å². The Morgan fingerprint density at radius 2 is 1.70 bits per heavy atom. The summed E-state index contributed by atoms with van der Waals surface area (Å²) in [7, 11) is -8.04. The summed E-state index contributed by atoms with van der Waals surface area (Å²) in [6.07, 6.45) is -0.514. The fourth-order valence-corrected chi connectivity index (χ4v) is 7.88. The molecule has 0 aromatic heterocycles. The van der Waals surface area contributed by atoms with Crippen molar-refractivity contribution in [3.8, 4) is 0 Å². The Balaban J connectivity index is 2.36. The van der Waals surface area contributed by atoms with Crippen molar-refractivity contribution in [2.24, 2.45) is 11.8 Å². The van der Waals surface area contributed by atoms with E-state index in [9.17, 15) is 31.2 Å². The molecular formula is C18H28F3NO6SSi. The van der Waals surface area contributed by atoms with Gasteiger partial charge in [0.05, 0.1) is 18.1 Å². The highest BCUT2D eigenvalue weighted by molar-refractivity contribution is 7.87. The summed E-state index contributed by atoms with van der Waals surface area (Å²) in [5.41, 5.74) is -6.08. The zero-order valence-corrected chi connectivity index (χ0v) is 19.7. The monoisotopic (exact) mass is 471 g/mol. The minimum Gasteiger partial charge on any atom is -0.413 e. The van der Waals surface area contributed by atoms with Crippen molar-refractivity contribution in [2.45, 2.75) is 77.3 Å². The molecule has 172 valence electrons. The molecule has 0 N–H and O–H groups in total. The molecule has 2 aliphatic rings. The largest absolute Gasteiger partial charge is 0.534 e. The molecule has 0 aromatic rings. The normalized spacial score (nSPS) is 25.8. The first-order chi connectivity index (χ1) is 13.7. The second-order valence-electron chi connectivity index (χ2n) is 7.83. The standard InChI is InChI=1S/C18H28F3NO6SSi/c1-7-30(8-2,9-3)28-12(6)13-14-10(4)16(27-29(25,26)18(19,20)21)15(11(5)23)22(14)17(13)24/h10,12-14H,7-9H2,1-6H3. The van der Waals surface area contributed by atoms with E-state index >= 15 is 0 Å². The maximum absolute atomic E-state index is 12.9. The predicted octanol–water partition coefficient (Wildman–Crippen LogP) is 3.54. The van der Waals surface area contributed by atoms with Crippen molar-refractivity contribution in [3.63, 3.8) is 0 Å². The van der Waals surface area contributed by atoms with Crippen LogP contribution in [0.15, 0.2) is 11.5 Å². The molecule has 1 saturated heterocycles. The summed E-state index contributed by atoms with van der Waals surface area (Å²) in [6.45, 7) is 10.3. The van der Waals surface area contributed by atoms with Gasteiger partial charge in [-0.25, -0.2) is 0 Å². The van der Waals surface area contributed by atoms with Crippen molar-refractivity contribution >= 4 is 30.1 Å². The number of β-lactam (4-membered cyclic amide) rings is 1. The first-order valence-corrected chi connectivity index (χ1v) is 13.9. The number of carbonyl (C=O) groups excluding carboxylic acids is 2. The fraction of sp³-hybridized carbons (Fsp3) is 0.778. The second-order valence-corrected chi connectivity index (χ2v) is 14.1. The Morgan fingerprint density at radius 1 is 1.20 bits per heavy atom. The molecular weight excluding hydrogens is 443 g/mol. The zero-order valence-electron chi connectivity index (χ0n) is 17.9. The molecule has 2 aliphatic heterocycles. The average Bonchev–Trinajstić information content (AvgIpc) is 2.87. The molecule has 0 spiro atoms. The molecule has 2 rings (SSSR count). The number of amides is 1. The Morgan fingerprint density at radius 3 is 2.10 bits per heavy atom. The number of Topliss-reactive ketones (excluding diaryl/α,β-unsaturated/α-hetero) is 1. The fourth-order valence-electron chi connectivity index (χ4n) is 4.39. The van der Waals surface area contributed by atoms with Crippen LogP contribution in [0.2, 0.25) is 18.1 Å². The molecule has 1 fully saturated rings. The summed E-state index contributed by atoms with van der Waals surface area (Å²) in [5.74, 6) is -3.45. The van der Waals surface area contributed by atoms with Crippen molar-refractivity contribution in [3.05, 3.63) is 11.5 Å². The lowest BCUT2D eigenvalue weighted by molar-refractivity contribution is -0.160. The number of hydrogen-bond acceptors (Lipinski definition) is 6. The van der Waals surface area contributed by atoms with E-state index in [1.807, 2.05) is 20.8 Å². The summed E-state index contributed by atoms with van der Waals surface area (Å²) >= 11 is 0. The maximum Gasteiger partial charge on any atom is 0.534 e. The van der Waals surface area contributed by atoms with Crippen molar-refractivity contribution in [1.29, 1.82) is 0 Å². The van der Waals surface area contributed by atoms with Crippen LogP contribution in [-0.2, 0) is 28.3 Å². The smallest absolute Gasteiger partial charge is 0.413 e.